The van der Waals surface area contributed by atoms with E-state index < -0.39 is 18.0 Å². The summed E-state index contributed by atoms with van der Waals surface area (Å²) in [5, 5.41) is 5.04. The molecule has 3 aromatic rings. The predicted octanol–water partition coefficient (Wildman–Crippen LogP) is 1.71. The minimum absolute atomic E-state index is 0.306. The third-order valence-corrected chi connectivity index (χ3v) is 4.60. The van der Waals surface area contributed by atoms with Crippen LogP contribution in [0.1, 0.15) is 11.8 Å². The summed E-state index contributed by atoms with van der Waals surface area (Å²) in [5.41, 5.74) is 0.228. The normalized spacial score (nSPS) is 11.9. The monoisotopic (exact) mass is 371 g/mol. The number of benzene rings is 1. The van der Waals surface area contributed by atoms with E-state index in [9.17, 15) is 14.4 Å². The largest absolute Gasteiger partial charge is 0.451 e. The summed E-state index contributed by atoms with van der Waals surface area (Å²) >= 11 is 1.53. The van der Waals surface area contributed by atoms with Crippen LogP contribution in [0, 0.1) is 0 Å². The quantitative estimate of drug-likeness (QED) is 0.666. The first kappa shape index (κ1) is 17.8. The smallest absolute Gasteiger partial charge is 0.326 e. The van der Waals surface area contributed by atoms with E-state index in [2.05, 4.69) is 10.3 Å². The Morgan fingerprint density at radius 3 is 2.85 bits per heavy atom. The summed E-state index contributed by atoms with van der Waals surface area (Å²) in [5.74, 6) is -1.07. The highest BCUT2D eigenvalue weighted by Gasteiger charge is 2.18. The van der Waals surface area contributed by atoms with Gasteiger partial charge < -0.3 is 10.1 Å². The van der Waals surface area contributed by atoms with Crippen LogP contribution in [0.15, 0.2) is 52.9 Å². The Morgan fingerprint density at radius 1 is 1.27 bits per heavy atom. The van der Waals surface area contributed by atoms with Crippen molar-refractivity contribution in [1.29, 1.82) is 0 Å². The zero-order valence-corrected chi connectivity index (χ0v) is 14.9. The molecule has 0 spiro atoms. The van der Waals surface area contributed by atoms with Crippen LogP contribution in [0.4, 0.5) is 0 Å². The highest BCUT2D eigenvalue weighted by molar-refractivity contribution is 7.09. The van der Waals surface area contributed by atoms with E-state index in [0.717, 1.165) is 4.88 Å². The number of para-hydroxylation sites is 1. The molecule has 0 aliphatic heterocycles. The summed E-state index contributed by atoms with van der Waals surface area (Å²) < 4.78 is 6.29. The van der Waals surface area contributed by atoms with Crippen molar-refractivity contribution >= 4 is 34.1 Å². The fourth-order valence-electron chi connectivity index (χ4n) is 2.38. The number of carbonyl (C=O) groups is 2. The Morgan fingerprint density at radius 2 is 2.08 bits per heavy atom. The molecule has 2 heterocycles. The molecule has 3 rings (SSSR count). The molecular weight excluding hydrogens is 354 g/mol. The molecule has 0 radical (unpaired) electrons. The molecule has 0 bridgehead atoms. The van der Waals surface area contributed by atoms with Crippen LogP contribution in [0.3, 0.4) is 0 Å². The molecule has 0 saturated heterocycles. The van der Waals surface area contributed by atoms with Gasteiger partial charge in [-0.1, -0.05) is 18.2 Å². The third kappa shape index (κ3) is 4.15. The van der Waals surface area contributed by atoms with E-state index >= 15 is 0 Å². The summed E-state index contributed by atoms with van der Waals surface area (Å²) in [4.78, 5) is 41.6. The number of rotatable bonds is 6. The number of aromatic nitrogens is 2. The number of carbonyl (C=O) groups excluding carboxylic acids is 2. The Hall–Kier alpha value is -3.00. The van der Waals surface area contributed by atoms with Crippen LogP contribution in [0.2, 0.25) is 0 Å². The van der Waals surface area contributed by atoms with Gasteiger partial charge >= 0.3 is 5.97 Å². The number of nitrogens with one attached hydrogen (secondary N) is 1. The van der Waals surface area contributed by atoms with Crippen molar-refractivity contribution < 1.29 is 14.3 Å². The van der Waals surface area contributed by atoms with Gasteiger partial charge in [-0.05, 0) is 30.5 Å². The average molecular weight is 371 g/mol. The number of ether oxygens (including phenoxy) is 1. The number of thiophene rings is 1. The van der Waals surface area contributed by atoms with Crippen molar-refractivity contribution in [2.24, 2.45) is 0 Å². The summed E-state index contributed by atoms with van der Waals surface area (Å²) in [6.07, 6.45) is 0.347. The third-order valence-electron chi connectivity index (χ3n) is 3.73. The number of fused-ring (bicyclic) bond motifs is 1. The van der Waals surface area contributed by atoms with Crippen molar-refractivity contribution in [2.45, 2.75) is 26.1 Å². The SMILES string of the molecule is C[C@@H](OC(=O)Cn1cnc2ccccc2c1=O)C(=O)NCc1cccs1. The van der Waals surface area contributed by atoms with Gasteiger partial charge in [-0.25, -0.2) is 4.98 Å². The molecule has 1 atom stereocenters. The summed E-state index contributed by atoms with van der Waals surface area (Å²) in [6.45, 7) is 1.56. The molecule has 134 valence electrons. The highest BCUT2D eigenvalue weighted by atomic mass is 32.1. The molecule has 8 heteroatoms. The number of esters is 1. The minimum atomic E-state index is -0.952. The maximum Gasteiger partial charge on any atom is 0.326 e. The molecule has 1 aromatic carbocycles. The molecule has 1 N–H and O–H groups in total. The molecule has 0 saturated carbocycles. The lowest BCUT2D eigenvalue weighted by Crippen LogP contribution is -2.36. The first-order valence-electron chi connectivity index (χ1n) is 7.98. The predicted molar refractivity (Wildman–Crippen MR) is 97.7 cm³/mol. The standard InChI is InChI=1S/C18H17N3O4S/c1-12(17(23)19-9-13-5-4-8-26-13)25-16(22)10-21-11-20-15-7-3-2-6-14(15)18(21)24/h2-8,11-12H,9-10H2,1H3,(H,19,23)/t12-/m1/s1. The Balaban J connectivity index is 1.59. The lowest BCUT2D eigenvalue weighted by Gasteiger charge is -2.13. The number of hydrogen-bond acceptors (Lipinski definition) is 6. The fraction of sp³-hybridized carbons (Fsp3) is 0.222. The second-order valence-corrected chi connectivity index (χ2v) is 6.66. The number of nitrogens with zero attached hydrogens (tertiary/aromatic N) is 2. The Bertz CT molecular complexity index is 982. The van der Waals surface area contributed by atoms with E-state index in [0.29, 0.717) is 17.4 Å². The van der Waals surface area contributed by atoms with Crippen LogP contribution in [0.25, 0.3) is 10.9 Å². The summed E-state index contributed by atoms with van der Waals surface area (Å²) in [7, 11) is 0. The molecule has 0 aliphatic carbocycles. The molecule has 7 nitrogen and oxygen atoms in total. The van der Waals surface area contributed by atoms with Gasteiger partial charge in [0, 0.05) is 4.88 Å². The molecule has 0 fully saturated rings. The average Bonchev–Trinajstić information content (AvgIpc) is 3.15. The Labute approximate surface area is 153 Å². The number of amides is 1. The van der Waals surface area contributed by atoms with Crippen molar-refractivity contribution in [1.82, 2.24) is 14.9 Å². The highest BCUT2D eigenvalue weighted by Crippen LogP contribution is 2.08. The lowest BCUT2D eigenvalue weighted by molar-refractivity contribution is -0.155. The van der Waals surface area contributed by atoms with Crippen molar-refractivity contribution in [3.05, 3.63) is 63.3 Å². The van der Waals surface area contributed by atoms with Crippen LogP contribution >= 0.6 is 11.3 Å². The summed E-state index contributed by atoms with van der Waals surface area (Å²) in [6, 6.07) is 10.7. The van der Waals surface area contributed by atoms with Crippen LogP contribution in [-0.4, -0.2) is 27.5 Å². The number of hydrogen-bond donors (Lipinski definition) is 1. The minimum Gasteiger partial charge on any atom is -0.451 e. The van der Waals surface area contributed by atoms with Gasteiger partial charge in [0.15, 0.2) is 6.10 Å². The second kappa shape index (κ2) is 7.92. The fourth-order valence-corrected chi connectivity index (χ4v) is 3.02. The van der Waals surface area contributed by atoms with E-state index in [1.165, 1.54) is 29.2 Å². The van der Waals surface area contributed by atoms with Gasteiger partial charge in [-0.3, -0.25) is 19.0 Å². The van der Waals surface area contributed by atoms with Crippen molar-refractivity contribution in [3.63, 3.8) is 0 Å². The lowest BCUT2D eigenvalue weighted by atomic mass is 10.2. The van der Waals surface area contributed by atoms with Gasteiger partial charge in [-0.15, -0.1) is 11.3 Å². The van der Waals surface area contributed by atoms with E-state index in [1.807, 2.05) is 17.5 Å². The van der Waals surface area contributed by atoms with Crippen LogP contribution in [-0.2, 0) is 27.4 Å². The van der Waals surface area contributed by atoms with Gasteiger partial charge in [0.1, 0.15) is 6.54 Å². The van der Waals surface area contributed by atoms with Gasteiger partial charge in [0.05, 0.1) is 23.8 Å². The maximum absolute atomic E-state index is 12.4. The first-order valence-corrected chi connectivity index (χ1v) is 8.86. The Kier molecular flexibility index (Phi) is 5.43. The maximum atomic E-state index is 12.4. The topological polar surface area (TPSA) is 90.3 Å². The van der Waals surface area contributed by atoms with Crippen molar-refractivity contribution in [3.8, 4) is 0 Å². The van der Waals surface area contributed by atoms with Gasteiger partial charge in [0.25, 0.3) is 11.5 Å². The van der Waals surface area contributed by atoms with Gasteiger partial charge in [0.2, 0.25) is 0 Å². The van der Waals surface area contributed by atoms with Crippen molar-refractivity contribution in [2.75, 3.05) is 0 Å². The molecule has 1 amide bonds. The molecular formula is C18H17N3O4S. The zero-order valence-electron chi connectivity index (χ0n) is 14.0. The molecule has 26 heavy (non-hydrogen) atoms. The van der Waals surface area contributed by atoms with E-state index in [1.54, 1.807) is 24.3 Å². The van der Waals surface area contributed by atoms with Crippen LogP contribution < -0.4 is 10.9 Å². The van der Waals surface area contributed by atoms with E-state index in [-0.39, 0.29) is 12.1 Å². The van der Waals surface area contributed by atoms with Crippen LogP contribution in [0.5, 0.6) is 0 Å². The molecule has 0 aliphatic rings. The zero-order chi connectivity index (χ0) is 18.5. The van der Waals surface area contributed by atoms with Gasteiger partial charge in [-0.2, -0.15) is 0 Å². The second-order valence-electron chi connectivity index (χ2n) is 5.62. The molecule has 0 unspecified atom stereocenters. The van der Waals surface area contributed by atoms with E-state index in [4.69, 9.17) is 4.74 Å². The molecule has 2 aromatic heterocycles. The first-order chi connectivity index (χ1) is 12.5.